The van der Waals surface area contributed by atoms with E-state index in [1.54, 1.807) is 0 Å². The average Bonchev–Trinajstić information content (AvgIpc) is 3.17. The molecule has 0 saturated carbocycles. The Kier molecular flexibility index (Phi) is 6.72. The molecule has 0 radical (unpaired) electrons. The van der Waals surface area contributed by atoms with Crippen LogP contribution in [0.1, 0.15) is 35.7 Å². The first-order valence-corrected chi connectivity index (χ1v) is 12.9. The quantitative estimate of drug-likeness (QED) is 0.363. The van der Waals surface area contributed by atoms with Gasteiger partial charge in [0.1, 0.15) is 0 Å². The minimum atomic E-state index is -0.00796. The summed E-state index contributed by atoms with van der Waals surface area (Å²) in [4.78, 5) is 18.2. The van der Waals surface area contributed by atoms with E-state index in [4.69, 9.17) is 11.6 Å². The molecule has 35 heavy (non-hydrogen) atoms. The Balaban J connectivity index is 1.31. The minimum absolute atomic E-state index is 0.00796. The zero-order valence-corrected chi connectivity index (χ0v) is 21.5. The van der Waals surface area contributed by atoms with Crippen molar-refractivity contribution < 1.29 is 4.79 Å². The van der Waals surface area contributed by atoms with E-state index in [1.165, 1.54) is 16.6 Å². The van der Waals surface area contributed by atoms with E-state index in [0.29, 0.717) is 5.56 Å². The molecule has 1 aromatic heterocycles. The Bertz CT molecular complexity index is 1370. The van der Waals surface area contributed by atoms with Crippen molar-refractivity contribution in [3.05, 3.63) is 76.8 Å². The lowest BCUT2D eigenvalue weighted by molar-refractivity contribution is 0.0824. The van der Waals surface area contributed by atoms with Crippen molar-refractivity contribution in [3.8, 4) is 0 Å². The van der Waals surface area contributed by atoms with E-state index in [2.05, 4.69) is 77.0 Å². The van der Waals surface area contributed by atoms with Crippen LogP contribution >= 0.6 is 11.6 Å². The number of benzene rings is 3. The van der Waals surface area contributed by atoms with Crippen molar-refractivity contribution in [2.24, 2.45) is 7.05 Å². The zero-order chi connectivity index (χ0) is 24.5. The van der Waals surface area contributed by atoms with Gasteiger partial charge < -0.3 is 14.8 Å². The molecular formula is C29H33ClN4O. The van der Waals surface area contributed by atoms with E-state index in [0.717, 1.165) is 60.5 Å². The molecule has 2 heterocycles. The third-order valence-corrected chi connectivity index (χ3v) is 7.78. The molecule has 0 bridgehead atoms. The second-order valence-electron chi connectivity index (χ2n) is 9.49. The molecule has 0 spiro atoms. The van der Waals surface area contributed by atoms with E-state index in [-0.39, 0.29) is 12.1 Å². The summed E-state index contributed by atoms with van der Waals surface area (Å²) in [6.45, 7) is 7.89. The SMILES string of the molecule is CCCC(NC(=O)c1ccc2c(c1)c1ccccc1n2C)N1CCN(c2cccc(Cl)c2C)CC1. The number of hydrogen-bond donors (Lipinski definition) is 1. The maximum Gasteiger partial charge on any atom is 0.252 e. The number of nitrogens with zero attached hydrogens (tertiary/aromatic N) is 3. The third-order valence-electron chi connectivity index (χ3n) is 7.37. The number of rotatable bonds is 6. The Morgan fingerprint density at radius 3 is 2.49 bits per heavy atom. The highest BCUT2D eigenvalue weighted by Gasteiger charge is 2.26. The zero-order valence-electron chi connectivity index (χ0n) is 20.7. The standard InChI is InChI=1S/C29H33ClN4O/c1-4-8-28(34-17-15-33(16-18-34)25-12-7-10-24(30)20(25)2)31-29(35)21-13-14-27-23(19-21)22-9-5-6-11-26(22)32(27)3/h5-7,9-14,19,28H,4,8,15-18H2,1-3H3,(H,31,35). The molecule has 1 aliphatic rings. The molecule has 1 amide bonds. The Morgan fingerprint density at radius 2 is 1.71 bits per heavy atom. The lowest BCUT2D eigenvalue weighted by atomic mass is 10.1. The van der Waals surface area contributed by atoms with Crippen molar-refractivity contribution in [2.75, 3.05) is 31.1 Å². The topological polar surface area (TPSA) is 40.5 Å². The molecular weight excluding hydrogens is 456 g/mol. The van der Waals surface area contributed by atoms with Crippen molar-refractivity contribution in [1.29, 1.82) is 0 Å². The van der Waals surface area contributed by atoms with Gasteiger partial charge in [0.15, 0.2) is 0 Å². The Morgan fingerprint density at radius 1 is 0.971 bits per heavy atom. The van der Waals surface area contributed by atoms with Crippen LogP contribution in [0.5, 0.6) is 0 Å². The minimum Gasteiger partial charge on any atom is -0.369 e. The Labute approximate surface area is 212 Å². The summed E-state index contributed by atoms with van der Waals surface area (Å²) in [5.74, 6) is -0.00796. The van der Waals surface area contributed by atoms with Gasteiger partial charge in [-0.15, -0.1) is 0 Å². The van der Waals surface area contributed by atoms with Gasteiger partial charge in [0.05, 0.1) is 6.17 Å². The normalized spacial score (nSPS) is 15.6. The number of amides is 1. The summed E-state index contributed by atoms with van der Waals surface area (Å²) in [5.41, 5.74) is 5.36. The summed E-state index contributed by atoms with van der Waals surface area (Å²) in [5, 5.41) is 6.45. The molecule has 182 valence electrons. The molecule has 0 aliphatic carbocycles. The number of halogens is 1. The van der Waals surface area contributed by atoms with Crippen LogP contribution in [0.25, 0.3) is 21.8 Å². The van der Waals surface area contributed by atoms with Gasteiger partial charge in [0.2, 0.25) is 0 Å². The van der Waals surface area contributed by atoms with Crippen LogP contribution in [-0.2, 0) is 7.05 Å². The maximum absolute atomic E-state index is 13.4. The van der Waals surface area contributed by atoms with Crippen molar-refractivity contribution in [1.82, 2.24) is 14.8 Å². The van der Waals surface area contributed by atoms with Crippen LogP contribution < -0.4 is 10.2 Å². The molecule has 5 nitrogen and oxygen atoms in total. The van der Waals surface area contributed by atoms with E-state index in [9.17, 15) is 4.79 Å². The number of carbonyl (C=O) groups is 1. The van der Waals surface area contributed by atoms with E-state index < -0.39 is 0 Å². The molecule has 1 fully saturated rings. The van der Waals surface area contributed by atoms with Crippen LogP contribution in [0, 0.1) is 6.92 Å². The average molecular weight is 489 g/mol. The number of fused-ring (bicyclic) bond motifs is 3. The predicted molar refractivity (Wildman–Crippen MR) is 147 cm³/mol. The molecule has 1 aliphatic heterocycles. The fraction of sp³-hybridized carbons (Fsp3) is 0.345. The van der Waals surface area contributed by atoms with Gasteiger partial charge in [-0.2, -0.15) is 0 Å². The van der Waals surface area contributed by atoms with Crippen molar-refractivity contribution >= 4 is 45.0 Å². The summed E-state index contributed by atoms with van der Waals surface area (Å²) in [7, 11) is 2.08. The summed E-state index contributed by atoms with van der Waals surface area (Å²) >= 11 is 6.35. The number of aromatic nitrogens is 1. The lowest BCUT2D eigenvalue weighted by Crippen LogP contribution is -2.56. The first-order valence-electron chi connectivity index (χ1n) is 12.5. The van der Waals surface area contributed by atoms with Crippen molar-refractivity contribution in [2.45, 2.75) is 32.9 Å². The second-order valence-corrected chi connectivity index (χ2v) is 9.90. The van der Waals surface area contributed by atoms with Gasteiger partial charge >= 0.3 is 0 Å². The maximum atomic E-state index is 13.4. The summed E-state index contributed by atoms with van der Waals surface area (Å²) in [6.07, 6.45) is 1.97. The Hall–Kier alpha value is -3.02. The molecule has 6 heteroatoms. The highest BCUT2D eigenvalue weighted by atomic mass is 35.5. The van der Waals surface area contributed by atoms with Crippen LogP contribution in [0.15, 0.2) is 60.7 Å². The lowest BCUT2D eigenvalue weighted by Gasteiger charge is -2.41. The van der Waals surface area contributed by atoms with Crippen LogP contribution in [0.2, 0.25) is 5.02 Å². The first-order chi connectivity index (χ1) is 17.0. The van der Waals surface area contributed by atoms with Crippen LogP contribution in [0.3, 0.4) is 0 Å². The molecule has 5 rings (SSSR count). The molecule has 4 aromatic rings. The number of anilines is 1. The molecule has 1 unspecified atom stereocenters. The molecule has 1 N–H and O–H groups in total. The van der Waals surface area contributed by atoms with Gasteiger partial charge in [-0.3, -0.25) is 9.69 Å². The van der Waals surface area contributed by atoms with E-state index in [1.807, 2.05) is 24.3 Å². The van der Waals surface area contributed by atoms with Crippen LogP contribution in [0.4, 0.5) is 5.69 Å². The fourth-order valence-electron chi connectivity index (χ4n) is 5.38. The van der Waals surface area contributed by atoms with Gasteiger partial charge in [-0.25, -0.2) is 0 Å². The molecule has 3 aromatic carbocycles. The smallest absolute Gasteiger partial charge is 0.252 e. The third kappa shape index (κ3) is 4.51. The van der Waals surface area contributed by atoms with Gasteiger partial charge in [0.25, 0.3) is 5.91 Å². The van der Waals surface area contributed by atoms with Gasteiger partial charge in [-0.1, -0.05) is 49.2 Å². The monoisotopic (exact) mass is 488 g/mol. The second kappa shape index (κ2) is 9.92. The summed E-state index contributed by atoms with van der Waals surface area (Å²) in [6, 6.07) is 20.5. The van der Waals surface area contributed by atoms with Gasteiger partial charge in [0, 0.05) is 71.3 Å². The first kappa shape index (κ1) is 23.7. The number of carbonyl (C=O) groups excluding carboxylic acids is 1. The van der Waals surface area contributed by atoms with E-state index >= 15 is 0 Å². The predicted octanol–water partition coefficient (Wildman–Crippen LogP) is 5.97. The highest BCUT2D eigenvalue weighted by molar-refractivity contribution is 6.31. The number of hydrogen-bond acceptors (Lipinski definition) is 3. The summed E-state index contributed by atoms with van der Waals surface area (Å²) < 4.78 is 2.19. The van der Waals surface area contributed by atoms with Crippen molar-refractivity contribution in [3.63, 3.8) is 0 Å². The number of para-hydroxylation sites is 1. The van der Waals surface area contributed by atoms with Gasteiger partial charge in [-0.05, 0) is 55.3 Å². The highest BCUT2D eigenvalue weighted by Crippen LogP contribution is 2.29. The van der Waals surface area contributed by atoms with Crippen LogP contribution in [-0.4, -0.2) is 47.7 Å². The number of aryl methyl sites for hydroxylation is 1. The number of piperazine rings is 1. The fourth-order valence-corrected chi connectivity index (χ4v) is 5.55. The largest absolute Gasteiger partial charge is 0.369 e. The molecule has 1 atom stereocenters. The molecule has 1 saturated heterocycles. The number of nitrogens with one attached hydrogen (secondary N) is 1.